The zero-order valence-corrected chi connectivity index (χ0v) is 12.7. The van der Waals surface area contributed by atoms with E-state index >= 15 is 0 Å². The van der Waals surface area contributed by atoms with E-state index < -0.39 is 6.10 Å². The van der Waals surface area contributed by atoms with Crippen molar-refractivity contribution in [1.82, 2.24) is 10.2 Å². The van der Waals surface area contributed by atoms with E-state index in [9.17, 15) is 5.11 Å². The van der Waals surface area contributed by atoms with E-state index in [1.165, 1.54) is 0 Å². The van der Waals surface area contributed by atoms with E-state index in [0.717, 1.165) is 35.2 Å². The molecule has 2 N–H and O–H groups in total. The number of ether oxygens (including phenoxy) is 1. The molecule has 1 aromatic carbocycles. The molecule has 2 aromatic rings. The van der Waals surface area contributed by atoms with Crippen LogP contribution in [0, 0.1) is 12.3 Å². The maximum atomic E-state index is 10.0. The number of aryl methyl sites for hydroxylation is 1. The van der Waals surface area contributed by atoms with Crippen molar-refractivity contribution < 1.29 is 9.84 Å². The van der Waals surface area contributed by atoms with Gasteiger partial charge in [-0.05, 0) is 37.3 Å². The van der Waals surface area contributed by atoms with E-state index in [1.54, 1.807) is 0 Å². The Hall–Kier alpha value is -1.55. The van der Waals surface area contributed by atoms with Crippen LogP contribution in [-0.4, -0.2) is 28.0 Å². The van der Waals surface area contributed by atoms with Gasteiger partial charge in [0.1, 0.15) is 12.4 Å². The lowest BCUT2D eigenvalue weighted by Gasteiger charge is -2.20. The Labute approximate surface area is 120 Å². The van der Waals surface area contributed by atoms with Crippen molar-refractivity contribution in [2.24, 2.45) is 5.41 Å². The van der Waals surface area contributed by atoms with Crippen molar-refractivity contribution in [3.05, 3.63) is 23.9 Å². The molecule has 0 spiro atoms. The molecule has 0 fully saturated rings. The molecular weight excluding hydrogens is 252 g/mol. The fourth-order valence-electron chi connectivity index (χ4n) is 2.18. The summed E-state index contributed by atoms with van der Waals surface area (Å²) in [6.45, 7) is 8.82. The van der Waals surface area contributed by atoms with E-state index in [2.05, 4.69) is 31.0 Å². The van der Waals surface area contributed by atoms with Gasteiger partial charge in [0.05, 0.1) is 17.0 Å². The van der Waals surface area contributed by atoms with Crippen molar-refractivity contribution in [1.29, 1.82) is 0 Å². The molecule has 0 saturated carbocycles. The number of H-pyrrole nitrogens is 1. The number of benzene rings is 1. The van der Waals surface area contributed by atoms with Crippen LogP contribution in [-0.2, 0) is 0 Å². The number of nitrogens with zero attached hydrogens (tertiary/aromatic N) is 1. The Kier molecular flexibility index (Phi) is 4.33. The van der Waals surface area contributed by atoms with Gasteiger partial charge in [0.2, 0.25) is 0 Å². The first-order valence-electron chi connectivity index (χ1n) is 7.11. The first-order chi connectivity index (χ1) is 9.37. The highest BCUT2D eigenvalue weighted by Crippen LogP contribution is 2.27. The van der Waals surface area contributed by atoms with E-state index in [1.807, 2.05) is 25.1 Å². The minimum atomic E-state index is -0.434. The molecule has 0 aliphatic rings. The van der Waals surface area contributed by atoms with Crippen LogP contribution in [0.3, 0.4) is 0 Å². The lowest BCUT2D eigenvalue weighted by Crippen LogP contribution is -2.20. The van der Waals surface area contributed by atoms with Crippen molar-refractivity contribution in [2.45, 2.75) is 46.6 Å². The summed E-state index contributed by atoms with van der Waals surface area (Å²) >= 11 is 0. The fraction of sp³-hybridized carbons (Fsp3) is 0.562. The van der Waals surface area contributed by atoms with Crippen LogP contribution in [0.5, 0.6) is 5.75 Å². The van der Waals surface area contributed by atoms with E-state index in [-0.39, 0.29) is 5.41 Å². The summed E-state index contributed by atoms with van der Waals surface area (Å²) in [5.74, 6) is 0.781. The van der Waals surface area contributed by atoms with Gasteiger partial charge in [-0.3, -0.25) is 5.10 Å². The van der Waals surface area contributed by atoms with Gasteiger partial charge in [0.25, 0.3) is 0 Å². The van der Waals surface area contributed by atoms with Crippen LogP contribution >= 0.6 is 0 Å². The minimum Gasteiger partial charge on any atom is -0.490 e. The lowest BCUT2D eigenvalue weighted by molar-refractivity contribution is 0.0896. The number of hydrogen-bond acceptors (Lipinski definition) is 3. The molecular formula is C16H24N2O2. The van der Waals surface area contributed by atoms with Crippen LogP contribution in [0.25, 0.3) is 10.9 Å². The molecule has 0 amide bonds. The molecule has 4 nitrogen and oxygen atoms in total. The number of rotatable bonds is 5. The van der Waals surface area contributed by atoms with Crippen molar-refractivity contribution in [2.75, 3.05) is 6.61 Å². The number of hydrogen-bond donors (Lipinski definition) is 2. The molecule has 1 heterocycles. The van der Waals surface area contributed by atoms with Crippen LogP contribution in [0.1, 0.15) is 39.3 Å². The summed E-state index contributed by atoms with van der Waals surface area (Å²) < 4.78 is 5.78. The molecule has 0 radical (unpaired) electrons. The van der Waals surface area contributed by atoms with E-state index in [4.69, 9.17) is 4.74 Å². The quantitative estimate of drug-likeness (QED) is 0.879. The number of nitrogens with one attached hydrogen (secondary N) is 1. The summed E-state index contributed by atoms with van der Waals surface area (Å²) in [6, 6.07) is 5.78. The van der Waals surface area contributed by atoms with Gasteiger partial charge in [0.15, 0.2) is 0 Å². The van der Waals surface area contributed by atoms with Crippen LogP contribution in [0.4, 0.5) is 0 Å². The average Bonchev–Trinajstić information content (AvgIpc) is 2.76. The fourth-order valence-corrected chi connectivity index (χ4v) is 2.18. The topological polar surface area (TPSA) is 58.1 Å². The standard InChI is InChI=1S/C16H24N2O2/c1-11-15-13(18-17-11)6-5-7-14(15)20-10-12(19)8-9-16(2,3)4/h5-7,12,19H,8-10H2,1-4H3,(H,17,18)/t12-/m0/s1. The van der Waals surface area contributed by atoms with E-state index in [0.29, 0.717) is 6.61 Å². The first-order valence-corrected chi connectivity index (χ1v) is 7.11. The summed E-state index contributed by atoms with van der Waals surface area (Å²) in [7, 11) is 0. The summed E-state index contributed by atoms with van der Waals surface area (Å²) in [5, 5.41) is 18.2. The normalized spacial score (nSPS) is 13.7. The highest BCUT2D eigenvalue weighted by molar-refractivity contribution is 5.87. The SMILES string of the molecule is Cc1[nH]nc2cccc(OC[C@@H](O)CCC(C)(C)C)c12. The second-order valence-electron chi connectivity index (χ2n) is 6.56. The predicted molar refractivity (Wildman–Crippen MR) is 81.0 cm³/mol. The lowest BCUT2D eigenvalue weighted by atomic mass is 9.89. The first kappa shape index (κ1) is 14.9. The number of fused-ring (bicyclic) bond motifs is 1. The molecule has 0 unspecified atom stereocenters. The zero-order valence-electron chi connectivity index (χ0n) is 12.7. The van der Waals surface area contributed by atoms with Crippen molar-refractivity contribution in [3.8, 4) is 5.75 Å². The Morgan fingerprint density at radius 2 is 2.10 bits per heavy atom. The van der Waals surface area contributed by atoms with Crippen LogP contribution in [0.2, 0.25) is 0 Å². The highest BCUT2D eigenvalue weighted by atomic mass is 16.5. The van der Waals surface area contributed by atoms with Gasteiger partial charge in [-0.2, -0.15) is 5.10 Å². The van der Waals surface area contributed by atoms with Gasteiger partial charge in [0, 0.05) is 5.69 Å². The minimum absolute atomic E-state index is 0.238. The average molecular weight is 276 g/mol. The van der Waals surface area contributed by atoms with Gasteiger partial charge < -0.3 is 9.84 Å². The molecule has 0 aliphatic carbocycles. The van der Waals surface area contributed by atoms with Crippen LogP contribution in [0.15, 0.2) is 18.2 Å². The number of aromatic nitrogens is 2. The Balaban J connectivity index is 1.97. The Morgan fingerprint density at radius 3 is 2.80 bits per heavy atom. The second kappa shape index (κ2) is 5.83. The highest BCUT2D eigenvalue weighted by Gasteiger charge is 2.15. The second-order valence-corrected chi connectivity index (χ2v) is 6.56. The number of aliphatic hydroxyl groups is 1. The Bertz CT molecular complexity index is 569. The largest absolute Gasteiger partial charge is 0.490 e. The maximum Gasteiger partial charge on any atom is 0.130 e. The molecule has 110 valence electrons. The van der Waals surface area contributed by atoms with Gasteiger partial charge >= 0.3 is 0 Å². The summed E-state index contributed by atoms with van der Waals surface area (Å²) in [5.41, 5.74) is 2.12. The predicted octanol–water partition coefficient (Wildman–Crippen LogP) is 3.44. The molecule has 20 heavy (non-hydrogen) atoms. The van der Waals surface area contributed by atoms with Crippen molar-refractivity contribution in [3.63, 3.8) is 0 Å². The molecule has 4 heteroatoms. The number of aromatic amines is 1. The smallest absolute Gasteiger partial charge is 0.130 e. The van der Waals surface area contributed by atoms with Crippen LogP contribution < -0.4 is 4.74 Å². The molecule has 0 saturated heterocycles. The molecule has 1 atom stereocenters. The maximum absolute atomic E-state index is 10.0. The molecule has 0 bridgehead atoms. The summed E-state index contributed by atoms with van der Waals surface area (Å²) in [6.07, 6.45) is 1.30. The van der Waals surface area contributed by atoms with Gasteiger partial charge in [-0.1, -0.05) is 26.8 Å². The molecule has 1 aromatic heterocycles. The molecule has 0 aliphatic heterocycles. The van der Waals surface area contributed by atoms with Gasteiger partial charge in [-0.15, -0.1) is 0 Å². The van der Waals surface area contributed by atoms with Crippen molar-refractivity contribution >= 4 is 10.9 Å². The third-order valence-electron chi connectivity index (χ3n) is 3.38. The zero-order chi connectivity index (χ0) is 14.8. The third-order valence-corrected chi connectivity index (χ3v) is 3.38. The monoisotopic (exact) mass is 276 g/mol. The summed E-state index contributed by atoms with van der Waals surface area (Å²) in [4.78, 5) is 0. The third kappa shape index (κ3) is 3.73. The Morgan fingerprint density at radius 1 is 1.35 bits per heavy atom. The van der Waals surface area contributed by atoms with Gasteiger partial charge in [-0.25, -0.2) is 0 Å². The number of aliphatic hydroxyl groups excluding tert-OH is 1. The molecule has 2 rings (SSSR count).